The molecule has 0 saturated carbocycles. The molecule has 1 aliphatic rings. The van der Waals surface area contributed by atoms with Crippen LogP contribution < -0.4 is 16.0 Å². The van der Waals surface area contributed by atoms with Crippen molar-refractivity contribution < 1.29 is 9.47 Å². The quantitative estimate of drug-likeness (QED) is 0.630. The third-order valence-corrected chi connectivity index (χ3v) is 3.88. The molecule has 106 valence electrons. The SMILES string of the molecule is CC(C)Oc1cncc(C(NN)C2CSCCO2)c1. The van der Waals surface area contributed by atoms with Crippen LogP contribution in [0.15, 0.2) is 18.5 Å². The Balaban J connectivity index is 2.12. The average molecular weight is 283 g/mol. The van der Waals surface area contributed by atoms with Crippen molar-refractivity contribution in [2.24, 2.45) is 5.84 Å². The highest BCUT2D eigenvalue weighted by Gasteiger charge is 2.26. The normalized spacial score (nSPS) is 21.4. The Hall–Kier alpha value is -0.820. The van der Waals surface area contributed by atoms with Gasteiger partial charge in [-0.15, -0.1) is 0 Å². The molecule has 2 rings (SSSR count). The van der Waals surface area contributed by atoms with Crippen molar-refractivity contribution in [2.75, 3.05) is 18.1 Å². The summed E-state index contributed by atoms with van der Waals surface area (Å²) in [6, 6.07) is 1.91. The van der Waals surface area contributed by atoms with Crippen molar-refractivity contribution >= 4 is 11.8 Å². The minimum atomic E-state index is -0.0592. The first-order valence-corrected chi connectivity index (χ1v) is 7.63. The topological polar surface area (TPSA) is 69.4 Å². The first-order chi connectivity index (χ1) is 9.20. The average Bonchev–Trinajstić information content (AvgIpc) is 2.40. The summed E-state index contributed by atoms with van der Waals surface area (Å²) in [6.45, 7) is 4.75. The molecule has 1 aromatic heterocycles. The summed E-state index contributed by atoms with van der Waals surface area (Å²) in [5.41, 5.74) is 3.83. The molecule has 1 saturated heterocycles. The molecule has 2 heterocycles. The standard InChI is InChI=1S/C13H21N3O2S/c1-9(2)18-11-5-10(6-15-7-11)13(16-14)12-8-19-4-3-17-12/h5-7,9,12-13,16H,3-4,8,14H2,1-2H3. The molecule has 0 aliphatic carbocycles. The Morgan fingerprint density at radius 3 is 3.00 bits per heavy atom. The van der Waals surface area contributed by atoms with Gasteiger partial charge in [0.2, 0.25) is 0 Å². The van der Waals surface area contributed by atoms with Gasteiger partial charge in [-0.1, -0.05) is 0 Å². The van der Waals surface area contributed by atoms with Crippen LogP contribution in [0.4, 0.5) is 0 Å². The largest absolute Gasteiger partial charge is 0.489 e. The first kappa shape index (κ1) is 14.6. The molecule has 6 heteroatoms. The number of hydrogen-bond donors (Lipinski definition) is 2. The highest BCUT2D eigenvalue weighted by molar-refractivity contribution is 7.99. The lowest BCUT2D eigenvalue weighted by atomic mass is 10.0. The number of hydrogen-bond acceptors (Lipinski definition) is 6. The van der Waals surface area contributed by atoms with Gasteiger partial charge in [0.25, 0.3) is 0 Å². The number of nitrogens with two attached hydrogens (primary N) is 1. The number of nitrogens with zero attached hydrogens (tertiary/aromatic N) is 1. The number of hydrazine groups is 1. The molecule has 0 radical (unpaired) electrons. The zero-order valence-corrected chi connectivity index (χ0v) is 12.2. The van der Waals surface area contributed by atoms with Gasteiger partial charge < -0.3 is 9.47 Å². The van der Waals surface area contributed by atoms with Gasteiger partial charge in [-0.05, 0) is 25.5 Å². The van der Waals surface area contributed by atoms with E-state index in [0.717, 1.165) is 29.4 Å². The summed E-state index contributed by atoms with van der Waals surface area (Å²) in [5, 5.41) is 0. The number of aromatic nitrogens is 1. The lowest BCUT2D eigenvalue weighted by molar-refractivity contribution is 0.0466. The van der Waals surface area contributed by atoms with Crippen LogP contribution in [0.3, 0.4) is 0 Å². The van der Waals surface area contributed by atoms with E-state index in [9.17, 15) is 0 Å². The van der Waals surface area contributed by atoms with E-state index in [2.05, 4.69) is 10.4 Å². The molecular formula is C13H21N3O2S. The molecule has 1 aromatic rings. The van der Waals surface area contributed by atoms with Gasteiger partial charge in [0.1, 0.15) is 5.75 Å². The fourth-order valence-electron chi connectivity index (χ4n) is 2.06. The minimum absolute atomic E-state index is 0.0592. The van der Waals surface area contributed by atoms with Crippen LogP contribution in [0, 0.1) is 0 Å². The molecule has 1 aliphatic heterocycles. The van der Waals surface area contributed by atoms with Crippen molar-refractivity contribution in [1.29, 1.82) is 0 Å². The Morgan fingerprint density at radius 1 is 1.53 bits per heavy atom. The minimum Gasteiger partial charge on any atom is -0.489 e. The van der Waals surface area contributed by atoms with Crippen molar-refractivity contribution in [1.82, 2.24) is 10.4 Å². The summed E-state index contributed by atoms with van der Waals surface area (Å²) in [5.74, 6) is 8.42. The molecule has 0 spiro atoms. The molecule has 2 unspecified atom stereocenters. The fraction of sp³-hybridized carbons (Fsp3) is 0.615. The van der Waals surface area contributed by atoms with E-state index in [4.69, 9.17) is 15.3 Å². The van der Waals surface area contributed by atoms with E-state index >= 15 is 0 Å². The second-order valence-corrected chi connectivity index (χ2v) is 5.90. The van der Waals surface area contributed by atoms with Crippen molar-refractivity contribution in [2.45, 2.75) is 32.1 Å². The molecule has 3 N–H and O–H groups in total. The van der Waals surface area contributed by atoms with Gasteiger partial charge in [-0.2, -0.15) is 11.8 Å². The first-order valence-electron chi connectivity index (χ1n) is 6.47. The Labute approximate surface area is 118 Å². The number of thioether (sulfide) groups is 1. The molecular weight excluding hydrogens is 262 g/mol. The van der Waals surface area contributed by atoms with Crippen molar-refractivity contribution in [3.8, 4) is 5.75 Å². The number of ether oxygens (including phenoxy) is 2. The van der Waals surface area contributed by atoms with E-state index in [1.54, 1.807) is 12.4 Å². The summed E-state index contributed by atoms with van der Waals surface area (Å²) < 4.78 is 11.4. The maximum atomic E-state index is 5.77. The number of pyridine rings is 1. The smallest absolute Gasteiger partial charge is 0.138 e. The van der Waals surface area contributed by atoms with E-state index < -0.39 is 0 Å². The summed E-state index contributed by atoms with van der Waals surface area (Å²) >= 11 is 1.88. The Morgan fingerprint density at radius 2 is 2.37 bits per heavy atom. The summed E-state index contributed by atoms with van der Waals surface area (Å²) in [4.78, 5) is 4.22. The van der Waals surface area contributed by atoms with Gasteiger partial charge >= 0.3 is 0 Å². The van der Waals surface area contributed by atoms with Gasteiger partial charge in [0.15, 0.2) is 0 Å². The van der Waals surface area contributed by atoms with E-state index in [0.29, 0.717) is 0 Å². The molecule has 5 nitrogen and oxygen atoms in total. The van der Waals surface area contributed by atoms with Crippen LogP contribution in [0.2, 0.25) is 0 Å². The monoisotopic (exact) mass is 283 g/mol. The third-order valence-electron chi connectivity index (χ3n) is 2.86. The second-order valence-electron chi connectivity index (χ2n) is 4.75. The molecule has 0 amide bonds. The Kier molecular flexibility index (Phi) is 5.45. The highest BCUT2D eigenvalue weighted by atomic mass is 32.2. The van der Waals surface area contributed by atoms with Gasteiger partial charge in [-0.25, -0.2) is 0 Å². The van der Waals surface area contributed by atoms with Crippen molar-refractivity contribution in [3.63, 3.8) is 0 Å². The maximum Gasteiger partial charge on any atom is 0.138 e. The van der Waals surface area contributed by atoms with Crippen LogP contribution in [0.5, 0.6) is 5.75 Å². The molecule has 0 aromatic carbocycles. The third kappa shape index (κ3) is 4.07. The summed E-state index contributed by atoms with van der Waals surface area (Å²) in [6.07, 6.45) is 3.72. The van der Waals surface area contributed by atoms with E-state index in [1.807, 2.05) is 31.7 Å². The van der Waals surface area contributed by atoms with Crippen molar-refractivity contribution in [3.05, 3.63) is 24.0 Å². The van der Waals surface area contributed by atoms with Gasteiger partial charge in [-0.3, -0.25) is 16.3 Å². The lowest BCUT2D eigenvalue weighted by Gasteiger charge is -2.30. The molecule has 19 heavy (non-hydrogen) atoms. The second kappa shape index (κ2) is 7.09. The number of nitrogens with one attached hydrogen (secondary N) is 1. The molecule has 1 fully saturated rings. The van der Waals surface area contributed by atoms with E-state index in [-0.39, 0.29) is 18.2 Å². The van der Waals surface area contributed by atoms with Gasteiger partial charge in [0, 0.05) is 17.7 Å². The van der Waals surface area contributed by atoms with Gasteiger partial charge in [0.05, 0.1) is 31.1 Å². The maximum absolute atomic E-state index is 5.77. The van der Waals surface area contributed by atoms with Crippen LogP contribution >= 0.6 is 11.8 Å². The predicted octanol–water partition coefficient (Wildman–Crippen LogP) is 1.51. The molecule has 0 bridgehead atoms. The Bertz CT molecular complexity index is 397. The zero-order valence-electron chi connectivity index (χ0n) is 11.3. The lowest BCUT2D eigenvalue weighted by Crippen LogP contribution is -2.41. The number of rotatable bonds is 5. The van der Waals surface area contributed by atoms with Crippen LogP contribution in [0.25, 0.3) is 0 Å². The van der Waals surface area contributed by atoms with E-state index in [1.165, 1.54) is 0 Å². The van der Waals surface area contributed by atoms with Crippen LogP contribution in [-0.2, 0) is 4.74 Å². The van der Waals surface area contributed by atoms with Crippen LogP contribution in [-0.4, -0.2) is 35.3 Å². The van der Waals surface area contributed by atoms with Crippen LogP contribution in [0.1, 0.15) is 25.5 Å². The highest BCUT2D eigenvalue weighted by Crippen LogP contribution is 2.26. The summed E-state index contributed by atoms with van der Waals surface area (Å²) in [7, 11) is 0. The zero-order chi connectivity index (χ0) is 13.7. The predicted molar refractivity (Wildman–Crippen MR) is 77.1 cm³/mol. The molecule has 2 atom stereocenters. The fourth-order valence-corrected chi connectivity index (χ4v) is 2.96.